The van der Waals surface area contributed by atoms with Gasteiger partial charge in [-0.1, -0.05) is 35.9 Å². The number of cyclic esters (lactones) is 1. The first-order valence-corrected chi connectivity index (χ1v) is 7.02. The van der Waals surface area contributed by atoms with Crippen molar-refractivity contribution in [3.05, 3.63) is 82.2 Å². The first-order valence-electron chi connectivity index (χ1n) is 7.02. The van der Waals surface area contributed by atoms with Gasteiger partial charge in [-0.05, 0) is 49.3 Å². The fourth-order valence-corrected chi connectivity index (χ4v) is 2.45. The summed E-state index contributed by atoms with van der Waals surface area (Å²) in [6.07, 6.45) is 3.42. The van der Waals surface area contributed by atoms with E-state index in [1.54, 1.807) is 24.3 Å². The van der Waals surface area contributed by atoms with Gasteiger partial charge in [0.2, 0.25) is 0 Å². The minimum Gasteiger partial charge on any atom is -0.422 e. The van der Waals surface area contributed by atoms with Crippen LogP contribution < -0.4 is 0 Å². The molecule has 0 aromatic heterocycles. The van der Waals surface area contributed by atoms with Gasteiger partial charge in [0.05, 0.1) is 5.57 Å². The van der Waals surface area contributed by atoms with Crippen molar-refractivity contribution in [2.75, 3.05) is 0 Å². The Morgan fingerprint density at radius 3 is 2.45 bits per heavy atom. The van der Waals surface area contributed by atoms with Crippen molar-refractivity contribution in [2.45, 2.75) is 13.8 Å². The lowest BCUT2D eigenvalue weighted by Gasteiger charge is -2.06. The highest BCUT2D eigenvalue weighted by Gasteiger charge is 2.22. The van der Waals surface area contributed by atoms with Crippen LogP contribution in [0.15, 0.2) is 54.1 Å². The van der Waals surface area contributed by atoms with E-state index in [0.717, 1.165) is 22.3 Å². The molecular formula is C19H15FO2. The number of ether oxygens (including phenoxy) is 1. The monoisotopic (exact) mass is 294 g/mol. The second kappa shape index (κ2) is 5.60. The average molecular weight is 294 g/mol. The van der Waals surface area contributed by atoms with Gasteiger partial charge in [-0.2, -0.15) is 0 Å². The van der Waals surface area contributed by atoms with E-state index < -0.39 is 0 Å². The normalized spacial score (nSPS) is 15.9. The third-order valence-corrected chi connectivity index (χ3v) is 3.56. The van der Waals surface area contributed by atoms with Crippen molar-refractivity contribution >= 4 is 17.8 Å². The minimum absolute atomic E-state index is 0.303. The van der Waals surface area contributed by atoms with Crippen LogP contribution in [0.5, 0.6) is 0 Å². The second-order valence-electron chi connectivity index (χ2n) is 5.37. The van der Waals surface area contributed by atoms with Gasteiger partial charge in [-0.25, -0.2) is 9.18 Å². The van der Waals surface area contributed by atoms with Gasteiger partial charge in [0.25, 0.3) is 0 Å². The Labute approximate surface area is 128 Å². The average Bonchev–Trinajstić information content (AvgIpc) is 2.82. The van der Waals surface area contributed by atoms with Crippen molar-refractivity contribution in [2.24, 2.45) is 0 Å². The number of hydrogen-bond donors (Lipinski definition) is 0. The van der Waals surface area contributed by atoms with Crippen LogP contribution >= 0.6 is 0 Å². The van der Waals surface area contributed by atoms with Crippen LogP contribution in [0.4, 0.5) is 4.39 Å². The van der Waals surface area contributed by atoms with Crippen molar-refractivity contribution in [1.29, 1.82) is 0 Å². The molecule has 110 valence electrons. The summed E-state index contributed by atoms with van der Waals surface area (Å²) in [6, 6.07) is 12.0. The van der Waals surface area contributed by atoms with Crippen LogP contribution in [0.2, 0.25) is 0 Å². The zero-order valence-electron chi connectivity index (χ0n) is 12.4. The highest BCUT2D eigenvalue weighted by Crippen LogP contribution is 2.29. The molecule has 0 fully saturated rings. The van der Waals surface area contributed by atoms with E-state index in [1.807, 2.05) is 32.0 Å². The van der Waals surface area contributed by atoms with Crippen molar-refractivity contribution in [3.63, 3.8) is 0 Å². The number of carbonyl (C=O) groups is 1. The lowest BCUT2D eigenvalue weighted by Crippen LogP contribution is -1.98. The molecule has 0 N–H and O–H groups in total. The summed E-state index contributed by atoms with van der Waals surface area (Å²) in [6.45, 7) is 4.00. The summed E-state index contributed by atoms with van der Waals surface area (Å²) < 4.78 is 18.3. The quantitative estimate of drug-likeness (QED) is 0.605. The molecule has 0 spiro atoms. The Balaban J connectivity index is 1.96. The van der Waals surface area contributed by atoms with Crippen LogP contribution in [0.1, 0.15) is 22.3 Å². The molecule has 2 aromatic rings. The Morgan fingerprint density at radius 2 is 1.77 bits per heavy atom. The molecule has 0 saturated heterocycles. The molecule has 0 saturated carbocycles. The maximum absolute atomic E-state index is 12.9. The standard InChI is InChI=1S/C19H15FO2/c1-12-3-8-17(13(2)9-12)18-11-15(19(21)22-18)10-14-4-6-16(20)7-5-14/h3-11H,1-2H3/b15-10+. The van der Waals surface area contributed by atoms with E-state index in [0.29, 0.717) is 11.3 Å². The molecule has 2 aromatic carbocycles. The van der Waals surface area contributed by atoms with Gasteiger partial charge < -0.3 is 4.74 Å². The fourth-order valence-electron chi connectivity index (χ4n) is 2.45. The second-order valence-corrected chi connectivity index (χ2v) is 5.37. The Hall–Kier alpha value is -2.68. The predicted molar refractivity (Wildman–Crippen MR) is 84.4 cm³/mol. The highest BCUT2D eigenvalue weighted by molar-refractivity contribution is 6.05. The van der Waals surface area contributed by atoms with Gasteiger partial charge in [-0.3, -0.25) is 0 Å². The molecule has 0 atom stereocenters. The first-order chi connectivity index (χ1) is 10.5. The van der Waals surface area contributed by atoms with E-state index >= 15 is 0 Å². The molecular weight excluding hydrogens is 279 g/mol. The van der Waals surface area contributed by atoms with Gasteiger partial charge in [0.15, 0.2) is 0 Å². The molecule has 1 aliphatic heterocycles. The SMILES string of the molecule is Cc1ccc(C2=C/C(=C\c3ccc(F)cc3)C(=O)O2)c(C)c1. The molecule has 22 heavy (non-hydrogen) atoms. The summed E-state index contributed by atoms with van der Waals surface area (Å²) in [5.74, 6) is -0.141. The topological polar surface area (TPSA) is 26.3 Å². The maximum Gasteiger partial charge on any atom is 0.343 e. The van der Waals surface area contributed by atoms with Crippen LogP contribution in [-0.2, 0) is 9.53 Å². The fraction of sp³-hybridized carbons (Fsp3) is 0.105. The van der Waals surface area contributed by atoms with E-state index in [9.17, 15) is 9.18 Å². The molecule has 0 amide bonds. The maximum atomic E-state index is 12.9. The smallest absolute Gasteiger partial charge is 0.343 e. The molecule has 0 bridgehead atoms. The summed E-state index contributed by atoms with van der Waals surface area (Å²) in [5, 5.41) is 0. The lowest BCUT2D eigenvalue weighted by atomic mass is 10.0. The molecule has 0 radical (unpaired) electrons. The van der Waals surface area contributed by atoms with Gasteiger partial charge in [0.1, 0.15) is 11.6 Å². The summed E-state index contributed by atoms with van der Waals surface area (Å²) in [4.78, 5) is 12.0. The van der Waals surface area contributed by atoms with Gasteiger partial charge in [0, 0.05) is 5.56 Å². The van der Waals surface area contributed by atoms with Crippen LogP contribution in [0, 0.1) is 19.7 Å². The van der Waals surface area contributed by atoms with E-state index in [4.69, 9.17) is 4.74 Å². The van der Waals surface area contributed by atoms with Gasteiger partial charge in [-0.15, -0.1) is 0 Å². The van der Waals surface area contributed by atoms with Crippen molar-refractivity contribution in [3.8, 4) is 0 Å². The van der Waals surface area contributed by atoms with E-state index in [-0.39, 0.29) is 11.8 Å². The van der Waals surface area contributed by atoms with Crippen LogP contribution in [0.25, 0.3) is 11.8 Å². The third-order valence-electron chi connectivity index (χ3n) is 3.56. The van der Waals surface area contributed by atoms with Gasteiger partial charge >= 0.3 is 5.97 Å². The summed E-state index contributed by atoms with van der Waals surface area (Å²) in [7, 11) is 0. The first kappa shape index (κ1) is 14.3. The predicted octanol–water partition coefficient (Wildman–Crippen LogP) is 4.42. The van der Waals surface area contributed by atoms with Crippen molar-refractivity contribution in [1.82, 2.24) is 0 Å². The molecule has 0 aliphatic carbocycles. The minimum atomic E-state index is -0.390. The number of halogens is 1. The highest BCUT2D eigenvalue weighted by atomic mass is 19.1. The summed E-state index contributed by atoms with van der Waals surface area (Å²) >= 11 is 0. The zero-order chi connectivity index (χ0) is 15.7. The molecule has 3 rings (SSSR count). The van der Waals surface area contributed by atoms with E-state index in [2.05, 4.69) is 0 Å². The number of esters is 1. The van der Waals surface area contributed by atoms with Crippen LogP contribution in [0.3, 0.4) is 0 Å². The van der Waals surface area contributed by atoms with Crippen LogP contribution in [-0.4, -0.2) is 5.97 Å². The number of rotatable bonds is 2. The third kappa shape index (κ3) is 2.84. The molecule has 2 nitrogen and oxygen atoms in total. The van der Waals surface area contributed by atoms with Crippen molar-refractivity contribution < 1.29 is 13.9 Å². The lowest BCUT2D eigenvalue weighted by molar-refractivity contribution is -0.130. The Bertz CT molecular complexity index is 799. The number of carbonyl (C=O) groups excluding carboxylic acids is 1. The molecule has 0 unspecified atom stereocenters. The Morgan fingerprint density at radius 1 is 1.05 bits per heavy atom. The Kier molecular flexibility index (Phi) is 3.63. The largest absolute Gasteiger partial charge is 0.422 e. The molecule has 3 heteroatoms. The molecule has 1 heterocycles. The zero-order valence-corrected chi connectivity index (χ0v) is 12.4. The molecule has 1 aliphatic rings. The van der Waals surface area contributed by atoms with E-state index in [1.165, 1.54) is 12.1 Å². The number of benzene rings is 2. The number of hydrogen-bond acceptors (Lipinski definition) is 2. The number of aryl methyl sites for hydroxylation is 2. The summed E-state index contributed by atoms with van der Waals surface area (Å²) in [5.41, 5.74) is 4.34.